The molecule has 2 aromatic carbocycles. The minimum atomic E-state index is -3.57. The van der Waals surface area contributed by atoms with E-state index >= 15 is 0 Å². The van der Waals surface area contributed by atoms with E-state index in [-0.39, 0.29) is 18.4 Å². The molecule has 3 rings (SSSR count). The standard InChI is InChI=1S/C22H28N4O4S/c1-25(2)31(29,30)26-14-8-11-18(16-26)21(27)24-20-13-7-6-12-19(20)22(28)23-15-17-9-4-3-5-10-17/h3-7,9-10,12-13,18H,8,11,14-16H2,1-2H3,(H,23,28)(H,24,27)/t18-/m0/s1. The van der Waals surface area contributed by atoms with Gasteiger partial charge < -0.3 is 10.6 Å². The number of para-hydroxylation sites is 1. The first-order chi connectivity index (χ1) is 14.8. The third-order valence-electron chi connectivity index (χ3n) is 5.27. The quantitative estimate of drug-likeness (QED) is 0.683. The van der Waals surface area contributed by atoms with Gasteiger partial charge >= 0.3 is 0 Å². The second-order valence-corrected chi connectivity index (χ2v) is 9.83. The second-order valence-electron chi connectivity index (χ2n) is 7.69. The van der Waals surface area contributed by atoms with Crippen molar-refractivity contribution in [2.75, 3.05) is 32.5 Å². The maximum atomic E-state index is 12.9. The van der Waals surface area contributed by atoms with Gasteiger partial charge in [-0.25, -0.2) is 0 Å². The van der Waals surface area contributed by atoms with Crippen molar-refractivity contribution in [3.63, 3.8) is 0 Å². The Balaban J connectivity index is 1.67. The monoisotopic (exact) mass is 444 g/mol. The van der Waals surface area contributed by atoms with Crippen molar-refractivity contribution in [2.24, 2.45) is 5.92 Å². The van der Waals surface area contributed by atoms with Crippen molar-refractivity contribution in [2.45, 2.75) is 19.4 Å². The molecular weight excluding hydrogens is 416 g/mol. The molecular formula is C22H28N4O4S. The molecule has 1 fully saturated rings. The van der Waals surface area contributed by atoms with Gasteiger partial charge in [0.2, 0.25) is 5.91 Å². The third kappa shape index (κ3) is 5.69. The molecule has 31 heavy (non-hydrogen) atoms. The SMILES string of the molecule is CN(C)S(=O)(=O)N1CCC[C@H](C(=O)Nc2ccccc2C(=O)NCc2ccccc2)C1. The summed E-state index contributed by atoms with van der Waals surface area (Å²) in [5, 5.41) is 5.69. The largest absolute Gasteiger partial charge is 0.348 e. The highest BCUT2D eigenvalue weighted by Crippen LogP contribution is 2.23. The lowest BCUT2D eigenvalue weighted by molar-refractivity contribution is -0.120. The van der Waals surface area contributed by atoms with E-state index in [4.69, 9.17) is 0 Å². The normalized spacial score (nSPS) is 17.3. The summed E-state index contributed by atoms with van der Waals surface area (Å²) in [5.74, 6) is -1.06. The highest BCUT2D eigenvalue weighted by atomic mass is 32.2. The fourth-order valence-corrected chi connectivity index (χ4v) is 4.69. The molecule has 2 amide bonds. The molecule has 9 heteroatoms. The summed E-state index contributed by atoms with van der Waals surface area (Å²) in [5.41, 5.74) is 1.74. The van der Waals surface area contributed by atoms with Gasteiger partial charge in [-0.05, 0) is 30.5 Å². The zero-order valence-electron chi connectivity index (χ0n) is 17.7. The zero-order chi connectivity index (χ0) is 22.4. The van der Waals surface area contributed by atoms with Crippen molar-refractivity contribution in [1.29, 1.82) is 0 Å². The molecule has 0 aliphatic carbocycles. The number of hydrogen-bond donors (Lipinski definition) is 2. The molecule has 2 N–H and O–H groups in total. The maximum Gasteiger partial charge on any atom is 0.281 e. The molecule has 0 spiro atoms. The summed E-state index contributed by atoms with van der Waals surface area (Å²) in [6, 6.07) is 16.4. The van der Waals surface area contributed by atoms with Crippen molar-refractivity contribution in [3.8, 4) is 0 Å². The summed E-state index contributed by atoms with van der Waals surface area (Å²) >= 11 is 0. The Labute approximate surface area is 183 Å². The second kappa shape index (κ2) is 10.0. The summed E-state index contributed by atoms with van der Waals surface area (Å²) in [6.07, 6.45) is 1.19. The van der Waals surface area contributed by atoms with Crippen LogP contribution in [0, 0.1) is 5.92 Å². The van der Waals surface area contributed by atoms with Gasteiger partial charge in [0.1, 0.15) is 0 Å². The number of benzene rings is 2. The van der Waals surface area contributed by atoms with Crippen LogP contribution in [0.15, 0.2) is 54.6 Å². The summed E-state index contributed by atoms with van der Waals surface area (Å²) in [7, 11) is -0.621. The molecule has 2 aromatic rings. The molecule has 166 valence electrons. The Bertz CT molecular complexity index is 1020. The smallest absolute Gasteiger partial charge is 0.281 e. The fourth-order valence-electron chi connectivity index (χ4n) is 3.50. The number of carbonyl (C=O) groups is 2. The fraction of sp³-hybridized carbons (Fsp3) is 0.364. The van der Waals surface area contributed by atoms with E-state index in [2.05, 4.69) is 10.6 Å². The predicted octanol–water partition coefficient (Wildman–Crippen LogP) is 2.07. The number of rotatable bonds is 7. The molecule has 0 unspecified atom stereocenters. The minimum absolute atomic E-state index is 0.120. The van der Waals surface area contributed by atoms with Crippen molar-refractivity contribution in [1.82, 2.24) is 13.9 Å². The first-order valence-corrected chi connectivity index (χ1v) is 11.6. The molecule has 1 saturated heterocycles. The minimum Gasteiger partial charge on any atom is -0.348 e. The molecule has 1 atom stereocenters. The highest BCUT2D eigenvalue weighted by Gasteiger charge is 2.33. The van der Waals surface area contributed by atoms with Gasteiger partial charge in [-0.15, -0.1) is 0 Å². The summed E-state index contributed by atoms with van der Waals surface area (Å²) in [4.78, 5) is 25.6. The number of piperidine rings is 1. The van der Waals surface area contributed by atoms with Gasteiger partial charge in [0, 0.05) is 33.7 Å². The van der Waals surface area contributed by atoms with Gasteiger partial charge in [0.15, 0.2) is 0 Å². The number of carbonyl (C=O) groups excluding carboxylic acids is 2. The lowest BCUT2D eigenvalue weighted by atomic mass is 9.98. The Hall–Kier alpha value is -2.75. The van der Waals surface area contributed by atoms with E-state index in [1.807, 2.05) is 30.3 Å². The third-order valence-corrected chi connectivity index (χ3v) is 7.18. The summed E-state index contributed by atoms with van der Waals surface area (Å²) in [6.45, 7) is 0.888. The van der Waals surface area contributed by atoms with Crippen LogP contribution in [0.1, 0.15) is 28.8 Å². The van der Waals surface area contributed by atoms with Gasteiger partial charge in [-0.2, -0.15) is 17.0 Å². The van der Waals surface area contributed by atoms with E-state index in [9.17, 15) is 18.0 Å². The van der Waals surface area contributed by atoms with Gasteiger partial charge in [0.25, 0.3) is 16.1 Å². The zero-order valence-corrected chi connectivity index (χ0v) is 18.6. The lowest BCUT2D eigenvalue weighted by Crippen LogP contribution is -2.47. The lowest BCUT2D eigenvalue weighted by Gasteiger charge is -2.32. The van der Waals surface area contributed by atoms with Gasteiger partial charge in [0.05, 0.1) is 17.2 Å². The van der Waals surface area contributed by atoms with Crippen molar-refractivity contribution < 1.29 is 18.0 Å². The molecule has 8 nitrogen and oxygen atoms in total. The molecule has 1 aliphatic rings. The average molecular weight is 445 g/mol. The molecule has 0 radical (unpaired) electrons. The predicted molar refractivity (Wildman–Crippen MR) is 120 cm³/mol. The van der Waals surface area contributed by atoms with Crippen molar-refractivity contribution >= 4 is 27.7 Å². The Morgan fingerprint density at radius 3 is 2.45 bits per heavy atom. The molecule has 0 bridgehead atoms. The van der Waals surface area contributed by atoms with Crippen LogP contribution < -0.4 is 10.6 Å². The van der Waals surface area contributed by atoms with E-state index in [1.165, 1.54) is 18.4 Å². The Kier molecular flexibility index (Phi) is 7.42. The van der Waals surface area contributed by atoms with Crippen LogP contribution in [0.3, 0.4) is 0 Å². The molecule has 1 aliphatic heterocycles. The first kappa shape index (κ1) is 22.9. The summed E-state index contributed by atoms with van der Waals surface area (Å²) < 4.78 is 27.3. The highest BCUT2D eigenvalue weighted by molar-refractivity contribution is 7.86. The topological polar surface area (TPSA) is 98.8 Å². The van der Waals surface area contributed by atoms with Crippen LogP contribution in [0.4, 0.5) is 5.69 Å². The van der Waals surface area contributed by atoms with E-state index in [0.717, 1.165) is 9.87 Å². The van der Waals surface area contributed by atoms with Crippen LogP contribution in [0.25, 0.3) is 0 Å². The van der Waals surface area contributed by atoms with E-state index < -0.39 is 16.1 Å². The van der Waals surface area contributed by atoms with E-state index in [1.54, 1.807) is 24.3 Å². The number of nitrogens with zero attached hydrogens (tertiary/aromatic N) is 2. The Morgan fingerprint density at radius 1 is 1.06 bits per heavy atom. The van der Waals surface area contributed by atoms with Crippen LogP contribution in [0.5, 0.6) is 0 Å². The first-order valence-electron chi connectivity index (χ1n) is 10.2. The van der Waals surface area contributed by atoms with E-state index in [0.29, 0.717) is 37.2 Å². The molecule has 0 aromatic heterocycles. The number of nitrogens with one attached hydrogen (secondary N) is 2. The number of amides is 2. The average Bonchev–Trinajstić information content (AvgIpc) is 2.78. The van der Waals surface area contributed by atoms with Gasteiger partial charge in [-0.1, -0.05) is 42.5 Å². The molecule has 0 saturated carbocycles. The maximum absolute atomic E-state index is 12.9. The van der Waals surface area contributed by atoms with Crippen molar-refractivity contribution in [3.05, 3.63) is 65.7 Å². The van der Waals surface area contributed by atoms with Gasteiger partial charge in [-0.3, -0.25) is 9.59 Å². The molecule has 1 heterocycles. The van der Waals surface area contributed by atoms with Crippen LogP contribution in [0.2, 0.25) is 0 Å². The number of hydrogen-bond acceptors (Lipinski definition) is 4. The van der Waals surface area contributed by atoms with Crippen LogP contribution in [-0.2, 0) is 21.5 Å². The Morgan fingerprint density at radius 2 is 1.74 bits per heavy atom. The van der Waals surface area contributed by atoms with Crippen LogP contribution >= 0.6 is 0 Å². The number of anilines is 1. The van der Waals surface area contributed by atoms with Crippen LogP contribution in [-0.4, -0.2) is 56.0 Å².